The van der Waals surface area contributed by atoms with Gasteiger partial charge in [-0.2, -0.15) is 5.10 Å². The highest BCUT2D eigenvalue weighted by molar-refractivity contribution is 14.1. The van der Waals surface area contributed by atoms with Crippen LogP contribution in [-0.2, 0) is 7.05 Å². The number of aryl methyl sites for hydroxylation is 1. The van der Waals surface area contributed by atoms with E-state index in [0.29, 0.717) is 16.3 Å². The summed E-state index contributed by atoms with van der Waals surface area (Å²) >= 11 is 8.21. The minimum atomic E-state index is -0.236. The van der Waals surface area contributed by atoms with Crippen LogP contribution in [0.1, 0.15) is 10.4 Å². The predicted octanol–water partition coefficient (Wildman–Crippen LogP) is 3.99. The molecule has 0 aliphatic heterocycles. The van der Waals surface area contributed by atoms with Gasteiger partial charge in [0.25, 0.3) is 5.91 Å². The molecule has 0 saturated carbocycles. The van der Waals surface area contributed by atoms with Crippen molar-refractivity contribution in [1.29, 1.82) is 0 Å². The van der Waals surface area contributed by atoms with E-state index in [4.69, 9.17) is 11.6 Å². The maximum absolute atomic E-state index is 12.4. The number of hydrogen-bond acceptors (Lipinski definition) is 3. The Morgan fingerprint density at radius 2 is 2.04 bits per heavy atom. The molecule has 0 radical (unpaired) electrons. The number of aromatic nitrogens is 3. The lowest BCUT2D eigenvalue weighted by Crippen LogP contribution is -2.12. The lowest BCUT2D eigenvalue weighted by Gasteiger charge is -2.07. The highest BCUT2D eigenvalue weighted by Gasteiger charge is 2.10. The number of carbonyl (C=O) groups is 1. The molecule has 0 saturated heterocycles. The van der Waals surface area contributed by atoms with Gasteiger partial charge in [0.15, 0.2) is 0 Å². The maximum Gasteiger partial charge on any atom is 0.257 e. The number of nitrogens with one attached hydrogen (secondary N) is 1. The number of rotatable bonds is 3. The van der Waals surface area contributed by atoms with E-state index < -0.39 is 0 Å². The number of hydrogen-bond donors (Lipinski definition) is 1. The summed E-state index contributed by atoms with van der Waals surface area (Å²) in [4.78, 5) is 16.5. The summed E-state index contributed by atoms with van der Waals surface area (Å²) in [7, 11) is 1.84. The van der Waals surface area contributed by atoms with Gasteiger partial charge in [-0.15, -0.1) is 0 Å². The third kappa shape index (κ3) is 3.70. The first kappa shape index (κ1) is 15.9. The van der Waals surface area contributed by atoms with E-state index in [1.165, 1.54) is 6.20 Å². The topological polar surface area (TPSA) is 59.8 Å². The highest BCUT2D eigenvalue weighted by atomic mass is 127. The van der Waals surface area contributed by atoms with Crippen molar-refractivity contribution in [3.8, 4) is 11.1 Å². The van der Waals surface area contributed by atoms with Gasteiger partial charge in [-0.25, -0.2) is 0 Å². The van der Waals surface area contributed by atoms with Crippen LogP contribution in [0.15, 0.2) is 49.1 Å². The molecule has 1 aromatic carbocycles. The van der Waals surface area contributed by atoms with Crippen LogP contribution in [0.3, 0.4) is 0 Å². The Morgan fingerprint density at radius 3 is 2.74 bits per heavy atom. The molecule has 116 valence electrons. The molecular weight excluding hydrogens is 427 g/mol. The molecule has 0 unspecified atom stereocenters. The quantitative estimate of drug-likeness (QED) is 0.629. The first-order chi connectivity index (χ1) is 11.0. The Bertz CT molecular complexity index is 878. The Morgan fingerprint density at radius 1 is 1.22 bits per heavy atom. The van der Waals surface area contributed by atoms with Crippen LogP contribution in [0.4, 0.5) is 5.69 Å². The van der Waals surface area contributed by atoms with E-state index in [1.54, 1.807) is 29.2 Å². The summed E-state index contributed by atoms with van der Waals surface area (Å²) in [6, 6.07) is 7.17. The highest BCUT2D eigenvalue weighted by Crippen LogP contribution is 2.23. The Hall–Kier alpha value is -1.93. The molecule has 0 bridgehead atoms. The second kappa shape index (κ2) is 6.67. The van der Waals surface area contributed by atoms with E-state index >= 15 is 0 Å². The zero-order valence-corrected chi connectivity index (χ0v) is 15.0. The molecule has 1 N–H and O–H groups in total. The molecule has 7 heteroatoms. The minimum Gasteiger partial charge on any atom is -0.322 e. The fourth-order valence-electron chi connectivity index (χ4n) is 2.07. The molecule has 5 nitrogen and oxygen atoms in total. The average Bonchev–Trinajstić information content (AvgIpc) is 2.98. The molecule has 23 heavy (non-hydrogen) atoms. The first-order valence-electron chi connectivity index (χ1n) is 6.73. The third-order valence-electron chi connectivity index (χ3n) is 3.22. The Labute approximate surface area is 151 Å². The van der Waals surface area contributed by atoms with Crippen LogP contribution < -0.4 is 5.32 Å². The minimum absolute atomic E-state index is 0.236. The average molecular weight is 439 g/mol. The fraction of sp³-hybridized carbons (Fsp3) is 0.0625. The van der Waals surface area contributed by atoms with Gasteiger partial charge in [-0.1, -0.05) is 11.6 Å². The van der Waals surface area contributed by atoms with E-state index in [9.17, 15) is 4.79 Å². The van der Waals surface area contributed by atoms with Gasteiger partial charge >= 0.3 is 0 Å². The molecule has 0 spiro atoms. The van der Waals surface area contributed by atoms with Crippen LogP contribution in [0, 0.1) is 3.57 Å². The molecule has 1 amide bonds. The van der Waals surface area contributed by atoms with Crippen LogP contribution >= 0.6 is 34.2 Å². The molecule has 0 aliphatic carbocycles. The summed E-state index contributed by atoms with van der Waals surface area (Å²) in [6.45, 7) is 0. The van der Waals surface area contributed by atoms with Gasteiger partial charge in [0.2, 0.25) is 0 Å². The largest absolute Gasteiger partial charge is 0.322 e. The molecule has 0 aliphatic rings. The lowest BCUT2D eigenvalue weighted by atomic mass is 10.1. The maximum atomic E-state index is 12.4. The number of halogens is 2. The summed E-state index contributed by atoms with van der Waals surface area (Å²) in [6.07, 6.45) is 6.84. The van der Waals surface area contributed by atoms with E-state index in [2.05, 4.69) is 38.0 Å². The van der Waals surface area contributed by atoms with Gasteiger partial charge in [0.1, 0.15) is 0 Å². The van der Waals surface area contributed by atoms with Crippen LogP contribution in [0.5, 0.6) is 0 Å². The summed E-state index contributed by atoms with van der Waals surface area (Å²) in [5, 5.41) is 7.55. The second-order valence-electron chi connectivity index (χ2n) is 4.95. The normalized spacial score (nSPS) is 10.6. The van der Waals surface area contributed by atoms with Crippen molar-refractivity contribution in [2.75, 3.05) is 5.32 Å². The number of amides is 1. The van der Waals surface area contributed by atoms with Gasteiger partial charge in [-0.3, -0.25) is 14.5 Å². The van der Waals surface area contributed by atoms with Crippen LogP contribution in [0.25, 0.3) is 11.1 Å². The second-order valence-corrected chi connectivity index (χ2v) is 6.52. The molecule has 3 rings (SSSR count). The van der Waals surface area contributed by atoms with Crippen molar-refractivity contribution in [1.82, 2.24) is 14.8 Å². The number of anilines is 1. The van der Waals surface area contributed by atoms with E-state index in [0.717, 1.165) is 14.7 Å². The predicted molar refractivity (Wildman–Crippen MR) is 98.6 cm³/mol. The molecule has 3 aromatic rings. The van der Waals surface area contributed by atoms with Crippen molar-refractivity contribution in [3.63, 3.8) is 0 Å². The smallest absolute Gasteiger partial charge is 0.257 e. The number of carbonyl (C=O) groups excluding carboxylic acids is 1. The van der Waals surface area contributed by atoms with Crippen molar-refractivity contribution < 1.29 is 4.79 Å². The van der Waals surface area contributed by atoms with Crippen molar-refractivity contribution in [3.05, 3.63) is 63.2 Å². The monoisotopic (exact) mass is 438 g/mol. The van der Waals surface area contributed by atoms with Crippen LogP contribution in [-0.4, -0.2) is 20.7 Å². The van der Waals surface area contributed by atoms with Crippen molar-refractivity contribution in [2.45, 2.75) is 0 Å². The summed E-state index contributed by atoms with van der Waals surface area (Å²) in [5.41, 5.74) is 2.87. The number of nitrogens with zero attached hydrogens (tertiary/aromatic N) is 3. The molecule has 0 atom stereocenters. The zero-order chi connectivity index (χ0) is 16.4. The summed E-state index contributed by atoms with van der Waals surface area (Å²) < 4.78 is 2.64. The van der Waals surface area contributed by atoms with Crippen molar-refractivity contribution >= 4 is 45.8 Å². The fourth-order valence-corrected chi connectivity index (χ4v) is 2.59. The summed E-state index contributed by atoms with van der Waals surface area (Å²) in [5.74, 6) is -0.236. The first-order valence-corrected chi connectivity index (χ1v) is 8.19. The number of pyridine rings is 1. The molecule has 0 fully saturated rings. The molecular formula is C16H12ClIN4O. The standard InChI is InChI=1S/C16H12ClIN4O/c1-22-9-12(8-20-22)10-4-11(7-19-6-10)16(23)21-13-2-3-15(18)14(17)5-13/h2-9H,1H3,(H,21,23). The third-order valence-corrected chi connectivity index (χ3v) is 4.79. The Kier molecular flexibility index (Phi) is 4.63. The zero-order valence-electron chi connectivity index (χ0n) is 12.1. The molecule has 2 aromatic heterocycles. The van der Waals surface area contributed by atoms with Crippen LogP contribution in [0.2, 0.25) is 5.02 Å². The van der Waals surface area contributed by atoms with Gasteiger partial charge in [-0.05, 0) is 46.9 Å². The van der Waals surface area contributed by atoms with Gasteiger partial charge < -0.3 is 5.32 Å². The molecule has 2 heterocycles. The van der Waals surface area contributed by atoms with Crippen molar-refractivity contribution in [2.24, 2.45) is 7.05 Å². The van der Waals surface area contributed by atoms with Gasteiger partial charge in [0, 0.05) is 46.0 Å². The van der Waals surface area contributed by atoms with Gasteiger partial charge in [0.05, 0.1) is 16.8 Å². The van der Waals surface area contributed by atoms with E-state index in [1.807, 2.05) is 25.4 Å². The SMILES string of the molecule is Cn1cc(-c2cncc(C(=O)Nc3ccc(I)c(Cl)c3)c2)cn1. The van der Waals surface area contributed by atoms with E-state index in [-0.39, 0.29) is 5.91 Å². The number of benzene rings is 1. The Balaban J connectivity index is 1.83. The lowest BCUT2D eigenvalue weighted by molar-refractivity contribution is 0.102.